The molecule has 112 valence electrons. The molecule has 0 saturated heterocycles. The molecule has 0 atom stereocenters. The Kier molecular flexibility index (Phi) is 5.10. The van der Waals surface area contributed by atoms with Gasteiger partial charge >= 0.3 is 5.97 Å². The average molecular weight is 316 g/mol. The summed E-state index contributed by atoms with van der Waals surface area (Å²) in [5, 5.41) is 9.65. The summed E-state index contributed by atoms with van der Waals surface area (Å²) in [7, 11) is 2.00. The Morgan fingerprint density at radius 3 is 2.65 bits per heavy atom. The number of thiophene rings is 1. The molecule has 1 fully saturated rings. The second-order valence-electron chi connectivity index (χ2n) is 6.15. The predicted molar refractivity (Wildman–Crippen MR) is 83.4 cm³/mol. The number of nitrogens with zero attached hydrogens (tertiary/aromatic N) is 1. The molecule has 20 heavy (non-hydrogen) atoms. The van der Waals surface area contributed by atoms with Gasteiger partial charge in [-0.25, -0.2) is 0 Å². The fourth-order valence-corrected chi connectivity index (χ4v) is 4.20. The van der Waals surface area contributed by atoms with Crippen molar-refractivity contribution in [2.24, 2.45) is 11.3 Å². The topological polar surface area (TPSA) is 40.5 Å². The number of rotatable bonds is 5. The van der Waals surface area contributed by atoms with Gasteiger partial charge < -0.3 is 10.0 Å². The minimum Gasteiger partial charge on any atom is -0.481 e. The number of carbonyl (C=O) groups is 1. The zero-order chi connectivity index (χ0) is 14.8. The maximum absolute atomic E-state index is 11.7. The fourth-order valence-electron chi connectivity index (χ4n) is 3.03. The summed E-state index contributed by atoms with van der Waals surface area (Å²) in [6.07, 6.45) is 3.62. The van der Waals surface area contributed by atoms with E-state index in [4.69, 9.17) is 11.6 Å². The van der Waals surface area contributed by atoms with Crippen LogP contribution in [0.15, 0.2) is 12.1 Å². The van der Waals surface area contributed by atoms with Crippen molar-refractivity contribution >= 4 is 28.9 Å². The Hall–Kier alpha value is -0.580. The standard InChI is InChI=1S/C15H22ClNO2S/c1-11-5-7-15(8-6-11,14(18)19)10-17(2)9-12-3-4-13(16)20-12/h3-4,11H,5-10H2,1-2H3,(H,18,19). The molecule has 3 nitrogen and oxygen atoms in total. The molecule has 1 aliphatic rings. The zero-order valence-corrected chi connectivity index (χ0v) is 13.6. The van der Waals surface area contributed by atoms with Crippen molar-refractivity contribution in [1.82, 2.24) is 4.90 Å². The largest absolute Gasteiger partial charge is 0.481 e. The third kappa shape index (κ3) is 3.74. The van der Waals surface area contributed by atoms with Crippen LogP contribution in [0.1, 0.15) is 37.5 Å². The molecule has 0 aromatic carbocycles. The quantitative estimate of drug-likeness (QED) is 0.888. The van der Waals surface area contributed by atoms with Gasteiger partial charge in [-0.2, -0.15) is 0 Å². The van der Waals surface area contributed by atoms with E-state index in [2.05, 4.69) is 11.8 Å². The first-order valence-electron chi connectivity index (χ1n) is 7.07. The maximum Gasteiger partial charge on any atom is 0.310 e. The first-order chi connectivity index (χ1) is 9.41. The van der Waals surface area contributed by atoms with Crippen LogP contribution in [-0.2, 0) is 11.3 Å². The second kappa shape index (κ2) is 6.46. The molecule has 0 bridgehead atoms. The molecule has 0 aliphatic heterocycles. The van der Waals surface area contributed by atoms with Crippen LogP contribution < -0.4 is 0 Å². The van der Waals surface area contributed by atoms with Gasteiger partial charge in [0.25, 0.3) is 0 Å². The normalized spacial score (nSPS) is 26.9. The molecule has 1 N–H and O–H groups in total. The summed E-state index contributed by atoms with van der Waals surface area (Å²) in [5.74, 6) is 0.0179. The molecule has 0 amide bonds. The monoisotopic (exact) mass is 315 g/mol. The molecular weight excluding hydrogens is 294 g/mol. The van der Waals surface area contributed by atoms with Crippen molar-refractivity contribution < 1.29 is 9.90 Å². The number of carboxylic acids is 1. The van der Waals surface area contributed by atoms with Gasteiger partial charge in [-0.3, -0.25) is 4.79 Å². The van der Waals surface area contributed by atoms with E-state index in [1.54, 1.807) is 11.3 Å². The first-order valence-corrected chi connectivity index (χ1v) is 8.27. The van der Waals surface area contributed by atoms with E-state index >= 15 is 0 Å². The van der Waals surface area contributed by atoms with Gasteiger partial charge in [-0.15, -0.1) is 11.3 Å². The Labute approximate surface area is 129 Å². The Balaban J connectivity index is 1.99. The second-order valence-corrected chi connectivity index (χ2v) is 7.95. The van der Waals surface area contributed by atoms with Crippen LogP contribution in [0.25, 0.3) is 0 Å². The Bertz CT molecular complexity index is 466. The Morgan fingerprint density at radius 1 is 1.50 bits per heavy atom. The molecule has 2 rings (SSSR count). The molecule has 0 unspecified atom stereocenters. The highest BCUT2D eigenvalue weighted by molar-refractivity contribution is 7.16. The van der Waals surface area contributed by atoms with E-state index in [9.17, 15) is 9.90 Å². The molecule has 0 radical (unpaired) electrons. The number of halogens is 1. The lowest BCUT2D eigenvalue weighted by atomic mass is 9.70. The van der Waals surface area contributed by atoms with Gasteiger partial charge in [-0.05, 0) is 50.8 Å². The lowest BCUT2D eigenvalue weighted by molar-refractivity contribution is -0.153. The van der Waals surface area contributed by atoms with Crippen molar-refractivity contribution in [2.75, 3.05) is 13.6 Å². The summed E-state index contributed by atoms with van der Waals surface area (Å²) >= 11 is 7.50. The van der Waals surface area contributed by atoms with E-state index in [0.29, 0.717) is 12.5 Å². The van der Waals surface area contributed by atoms with Crippen molar-refractivity contribution in [3.05, 3.63) is 21.3 Å². The number of hydrogen-bond acceptors (Lipinski definition) is 3. The van der Waals surface area contributed by atoms with Crippen molar-refractivity contribution in [1.29, 1.82) is 0 Å². The minimum absolute atomic E-state index is 0.567. The fraction of sp³-hybridized carbons (Fsp3) is 0.667. The van der Waals surface area contributed by atoms with Gasteiger partial charge in [0.15, 0.2) is 0 Å². The van der Waals surface area contributed by atoms with Crippen LogP contribution in [0.4, 0.5) is 0 Å². The third-order valence-corrected chi connectivity index (χ3v) is 5.53. The van der Waals surface area contributed by atoms with Crippen LogP contribution in [0.3, 0.4) is 0 Å². The van der Waals surface area contributed by atoms with E-state index in [1.165, 1.54) is 4.88 Å². The molecule has 1 heterocycles. The number of aliphatic carboxylic acids is 1. The summed E-state index contributed by atoms with van der Waals surface area (Å²) in [4.78, 5) is 15.0. The van der Waals surface area contributed by atoms with Gasteiger partial charge in [0.2, 0.25) is 0 Å². The van der Waals surface area contributed by atoms with Crippen molar-refractivity contribution in [3.63, 3.8) is 0 Å². The van der Waals surface area contributed by atoms with Crippen molar-refractivity contribution in [2.45, 2.75) is 39.2 Å². The Morgan fingerprint density at radius 2 is 2.15 bits per heavy atom. The summed E-state index contributed by atoms with van der Waals surface area (Å²) < 4.78 is 0.785. The SMILES string of the molecule is CC1CCC(CN(C)Cc2ccc(Cl)s2)(C(=O)O)CC1. The van der Waals surface area contributed by atoms with Gasteiger partial charge in [0.1, 0.15) is 0 Å². The van der Waals surface area contributed by atoms with Crippen LogP contribution in [-0.4, -0.2) is 29.6 Å². The number of carboxylic acid groups (broad SMARTS) is 1. The number of hydrogen-bond donors (Lipinski definition) is 1. The van der Waals surface area contributed by atoms with E-state index < -0.39 is 11.4 Å². The van der Waals surface area contributed by atoms with Gasteiger partial charge in [0, 0.05) is 18.0 Å². The third-order valence-electron chi connectivity index (χ3n) is 4.31. The van der Waals surface area contributed by atoms with E-state index in [1.807, 2.05) is 19.2 Å². The van der Waals surface area contributed by atoms with Crippen molar-refractivity contribution in [3.8, 4) is 0 Å². The van der Waals surface area contributed by atoms with E-state index in [0.717, 1.165) is 36.6 Å². The lowest BCUT2D eigenvalue weighted by Crippen LogP contribution is -2.44. The molecule has 0 spiro atoms. The first kappa shape index (κ1) is 15.8. The predicted octanol–water partition coefficient (Wildman–Crippen LogP) is 4.11. The smallest absolute Gasteiger partial charge is 0.310 e. The van der Waals surface area contributed by atoms with Crippen LogP contribution in [0.2, 0.25) is 4.34 Å². The highest BCUT2D eigenvalue weighted by atomic mass is 35.5. The highest BCUT2D eigenvalue weighted by Gasteiger charge is 2.41. The molecule has 1 aromatic rings. The molecule has 1 aliphatic carbocycles. The zero-order valence-electron chi connectivity index (χ0n) is 12.1. The lowest BCUT2D eigenvalue weighted by Gasteiger charge is -2.38. The van der Waals surface area contributed by atoms with Crippen LogP contribution in [0, 0.1) is 11.3 Å². The summed E-state index contributed by atoms with van der Waals surface area (Å²) in [6, 6.07) is 3.91. The molecule has 5 heteroatoms. The van der Waals surface area contributed by atoms with Gasteiger partial charge in [-0.1, -0.05) is 18.5 Å². The van der Waals surface area contributed by atoms with E-state index in [-0.39, 0.29) is 0 Å². The van der Waals surface area contributed by atoms with Gasteiger partial charge in [0.05, 0.1) is 9.75 Å². The molecule has 1 aromatic heterocycles. The minimum atomic E-state index is -0.638. The highest BCUT2D eigenvalue weighted by Crippen LogP contribution is 2.40. The molecular formula is C15H22ClNO2S. The average Bonchev–Trinajstić information content (AvgIpc) is 2.77. The summed E-state index contributed by atoms with van der Waals surface area (Å²) in [6.45, 7) is 3.59. The van der Waals surface area contributed by atoms with Crippen LogP contribution in [0.5, 0.6) is 0 Å². The molecule has 1 saturated carbocycles. The van der Waals surface area contributed by atoms with Crippen LogP contribution >= 0.6 is 22.9 Å². The maximum atomic E-state index is 11.7. The summed E-state index contributed by atoms with van der Waals surface area (Å²) in [5.41, 5.74) is -0.567.